The smallest absolute Gasteiger partial charge is 0.135 e. The zero-order valence-electron chi connectivity index (χ0n) is 11.6. The standard InChI is InChI=1S/C13H20N6/c1-9(2)13-17-11(14)8-12(18-13)15-6-4-10-5-7-16-19(10)3/h5,7-9H,4,6H2,1-3H3,(H3,14,15,17,18). The van der Waals surface area contributed by atoms with Crippen LogP contribution in [0.2, 0.25) is 0 Å². The van der Waals surface area contributed by atoms with E-state index in [9.17, 15) is 0 Å². The Kier molecular flexibility index (Phi) is 3.99. The van der Waals surface area contributed by atoms with Gasteiger partial charge in [-0.15, -0.1) is 0 Å². The summed E-state index contributed by atoms with van der Waals surface area (Å²) in [6.45, 7) is 4.88. The maximum Gasteiger partial charge on any atom is 0.135 e. The Labute approximate surface area is 113 Å². The van der Waals surface area contributed by atoms with Crippen LogP contribution in [0.4, 0.5) is 11.6 Å². The molecule has 2 heterocycles. The van der Waals surface area contributed by atoms with Crippen molar-refractivity contribution in [2.24, 2.45) is 7.05 Å². The lowest BCUT2D eigenvalue weighted by molar-refractivity contribution is 0.710. The van der Waals surface area contributed by atoms with Crippen LogP contribution in [-0.4, -0.2) is 26.3 Å². The topological polar surface area (TPSA) is 81.6 Å². The molecule has 0 fully saturated rings. The molecule has 6 heteroatoms. The number of anilines is 2. The average Bonchev–Trinajstić information content (AvgIpc) is 2.74. The van der Waals surface area contributed by atoms with Crippen molar-refractivity contribution in [2.45, 2.75) is 26.2 Å². The summed E-state index contributed by atoms with van der Waals surface area (Å²) in [5, 5.41) is 7.41. The molecule has 0 aliphatic carbocycles. The van der Waals surface area contributed by atoms with Crippen LogP contribution in [0.25, 0.3) is 0 Å². The Bertz CT molecular complexity index is 546. The van der Waals surface area contributed by atoms with Crippen LogP contribution in [-0.2, 0) is 13.5 Å². The van der Waals surface area contributed by atoms with Gasteiger partial charge >= 0.3 is 0 Å². The molecule has 3 N–H and O–H groups in total. The first kappa shape index (κ1) is 13.3. The molecular weight excluding hydrogens is 240 g/mol. The highest BCUT2D eigenvalue weighted by atomic mass is 15.3. The first-order chi connectivity index (χ1) is 9.06. The van der Waals surface area contributed by atoms with Gasteiger partial charge in [0.05, 0.1) is 0 Å². The van der Waals surface area contributed by atoms with Crippen molar-refractivity contribution in [3.63, 3.8) is 0 Å². The molecular formula is C13H20N6. The number of nitrogens with one attached hydrogen (secondary N) is 1. The number of nitrogens with two attached hydrogens (primary N) is 1. The van der Waals surface area contributed by atoms with Crippen molar-refractivity contribution in [2.75, 3.05) is 17.6 Å². The third kappa shape index (κ3) is 3.43. The average molecular weight is 260 g/mol. The molecule has 0 atom stereocenters. The molecule has 0 saturated heterocycles. The summed E-state index contributed by atoms with van der Waals surface area (Å²) in [5.74, 6) is 2.31. The van der Waals surface area contributed by atoms with Crippen molar-refractivity contribution in [1.82, 2.24) is 19.7 Å². The van der Waals surface area contributed by atoms with Crippen molar-refractivity contribution in [1.29, 1.82) is 0 Å². The lowest BCUT2D eigenvalue weighted by Gasteiger charge is -2.10. The second kappa shape index (κ2) is 5.69. The van der Waals surface area contributed by atoms with Gasteiger partial charge in [-0.25, -0.2) is 9.97 Å². The Morgan fingerprint density at radius 2 is 2.16 bits per heavy atom. The first-order valence-electron chi connectivity index (χ1n) is 6.41. The molecule has 102 valence electrons. The van der Waals surface area contributed by atoms with E-state index in [1.165, 1.54) is 5.69 Å². The highest BCUT2D eigenvalue weighted by molar-refractivity contribution is 5.44. The molecule has 19 heavy (non-hydrogen) atoms. The number of aromatic nitrogens is 4. The molecule has 0 amide bonds. The van der Waals surface area contributed by atoms with Gasteiger partial charge in [0, 0.05) is 43.9 Å². The van der Waals surface area contributed by atoms with Crippen LogP contribution in [0.5, 0.6) is 0 Å². The molecule has 2 aromatic heterocycles. The van der Waals surface area contributed by atoms with Gasteiger partial charge in [-0.3, -0.25) is 4.68 Å². The second-order valence-corrected chi connectivity index (χ2v) is 4.81. The fourth-order valence-electron chi connectivity index (χ4n) is 1.80. The molecule has 0 bridgehead atoms. The van der Waals surface area contributed by atoms with Crippen LogP contribution in [0.15, 0.2) is 18.3 Å². The normalized spacial score (nSPS) is 10.9. The number of aryl methyl sites for hydroxylation is 1. The van der Waals surface area contributed by atoms with E-state index < -0.39 is 0 Å². The second-order valence-electron chi connectivity index (χ2n) is 4.81. The fourth-order valence-corrected chi connectivity index (χ4v) is 1.80. The highest BCUT2D eigenvalue weighted by Crippen LogP contribution is 2.14. The van der Waals surface area contributed by atoms with Gasteiger partial charge in [-0.2, -0.15) is 5.10 Å². The van der Waals surface area contributed by atoms with E-state index in [0.717, 1.165) is 24.6 Å². The molecule has 6 nitrogen and oxygen atoms in total. The van der Waals surface area contributed by atoms with E-state index in [0.29, 0.717) is 5.82 Å². The summed E-state index contributed by atoms with van der Waals surface area (Å²) in [6, 6.07) is 3.77. The Hall–Kier alpha value is -2.11. The minimum atomic E-state index is 0.265. The van der Waals surface area contributed by atoms with Crippen molar-refractivity contribution < 1.29 is 0 Å². The molecule has 0 saturated carbocycles. The van der Waals surface area contributed by atoms with E-state index in [1.54, 1.807) is 12.3 Å². The number of hydrogen-bond donors (Lipinski definition) is 2. The van der Waals surface area contributed by atoms with E-state index in [-0.39, 0.29) is 5.92 Å². The molecule has 0 spiro atoms. The van der Waals surface area contributed by atoms with Crippen LogP contribution < -0.4 is 11.1 Å². The molecule has 0 aliphatic heterocycles. The van der Waals surface area contributed by atoms with Crippen molar-refractivity contribution in [3.8, 4) is 0 Å². The summed E-state index contributed by atoms with van der Waals surface area (Å²) in [4.78, 5) is 8.67. The van der Waals surface area contributed by atoms with Gasteiger partial charge in [0.15, 0.2) is 0 Å². The quantitative estimate of drug-likeness (QED) is 0.852. The summed E-state index contributed by atoms with van der Waals surface area (Å²) < 4.78 is 1.87. The van der Waals surface area contributed by atoms with E-state index in [1.807, 2.05) is 31.6 Å². The molecule has 0 unspecified atom stereocenters. The fraction of sp³-hybridized carbons (Fsp3) is 0.462. The largest absolute Gasteiger partial charge is 0.384 e. The van der Waals surface area contributed by atoms with Gasteiger partial charge in [-0.05, 0) is 6.07 Å². The SMILES string of the molecule is CC(C)c1nc(N)cc(NCCc2ccnn2C)n1. The molecule has 0 aromatic carbocycles. The van der Waals surface area contributed by atoms with Crippen LogP contribution in [0.1, 0.15) is 31.3 Å². The van der Waals surface area contributed by atoms with E-state index >= 15 is 0 Å². The van der Waals surface area contributed by atoms with E-state index in [4.69, 9.17) is 5.73 Å². The minimum Gasteiger partial charge on any atom is -0.384 e. The Morgan fingerprint density at radius 1 is 1.37 bits per heavy atom. The van der Waals surface area contributed by atoms with Gasteiger partial charge in [0.2, 0.25) is 0 Å². The third-order valence-electron chi connectivity index (χ3n) is 2.89. The predicted octanol–water partition coefficient (Wildman–Crippen LogP) is 1.57. The summed E-state index contributed by atoms with van der Waals surface area (Å²) in [5.41, 5.74) is 6.96. The molecule has 2 aromatic rings. The lowest BCUT2D eigenvalue weighted by atomic mass is 10.2. The number of rotatable bonds is 5. The third-order valence-corrected chi connectivity index (χ3v) is 2.89. The summed E-state index contributed by atoms with van der Waals surface area (Å²) in [6.07, 6.45) is 2.69. The molecule has 2 rings (SSSR count). The zero-order chi connectivity index (χ0) is 13.8. The van der Waals surface area contributed by atoms with Crippen LogP contribution >= 0.6 is 0 Å². The van der Waals surface area contributed by atoms with Crippen LogP contribution in [0, 0.1) is 0 Å². The number of nitrogens with zero attached hydrogens (tertiary/aromatic N) is 4. The number of hydrogen-bond acceptors (Lipinski definition) is 5. The predicted molar refractivity (Wildman–Crippen MR) is 75.9 cm³/mol. The molecule has 0 radical (unpaired) electrons. The minimum absolute atomic E-state index is 0.265. The highest BCUT2D eigenvalue weighted by Gasteiger charge is 2.06. The van der Waals surface area contributed by atoms with Gasteiger partial charge in [0.25, 0.3) is 0 Å². The Morgan fingerprint density at radius 3 is 2.79 bits per heavy atom. The molecule has 0 aliphatic rings. The summed E-state index contributed by atoms with van der Waals surface area (Å²) in [7, 11) is 1.94. The van der Waals surface area contributed by atoms with Crippen molar-refractivity contribution in [3.05, 3.63) is 29.8 Å². The maximum atomic E-state index is 5.78. The van der Waals surface area contributed by atoms with Gasteiger partial charge in [-0.1, -0.05) is 13.8 Å². The van der Waals surface area contributed by atoms with Gasteiger partial charge < -0.3 is 11.1 Å². The first-order valence-corrected chi connectivity index (χ1v) is 6.41. The lowest BCUT2D eigenvalue weighted by Crippen LogP contribution is -2.11. The van der Waals surface area contributed by atoms with Crippen molar-refractivity contribution >= 4 is 11.6 Å². The van der Waals surface area contributed by atoms with Crippen LogP contribution in [0.3, 0.4) is 0 Å². The van der Waals surface area contributed by atoms with E-state index in [2.05, 4.69) is 20.4 Å². The zero-order valence-corrected chi connectivity index (χ0v) is 11.6. The maximum absolute atomic E-state index is 5.78. The summed E-state index contributed by atoms with van der Waals surface area (Å²) >= 11 is 0. The number of nitrogen functional groups attached to an aromatic ring is 1. The monoisotopic (exact) mass is 260 g/mol. The van der Waals surface area contributed by atoms with Gasteiger partial charge in [0.1, 0.15) is 17.5 Å². The Balaban J connectivity index is 1.98.